The molecule has 0 radical (unpaired) electrons. The molecule has 2 amide bonds. The van der Waals surface area contributed by atoms with E-state index in [0.29, 0.717) is 31.0 Å². The number of carbonyl (C=O) groups is 2. The Morgan fingerprint density at radius 1 is 1.10 bits per heavy atom. The minimum atomic E-state index is -0.644. The third kappa shape index (κ3) is 5.87. The maximum atomic E-state index is 12.8. The Morgan fingerprint density at radius 3 is 2.27 bits per heavy atom. The molecule has 166 valence electrons. The van der Waals surface area contributed by atoms with Crippen LogP contribution in [0.3, 0.4) is 0 Å². The number of anilines is 1. The van der Waals surface area contributed by atoms with Crippen molar-refractivity contribution in [3.05, 3.63) is 30.5 Å². The largest absolute Gasteiger partial charge is 0.444 e. The number of hydrogen-bond donors (Lipinski definition) is 0. The van der Waals surface area contributed by atoms with Gasteiger partial charge in [0.2, 0.25) is 0 Å². The zero-order chi connectivity index (χ0) is 22.7. The van der Waals surface area contributed by atoms with Crippen LogP contribution in [0.15, 0.2) is 19.2 Å². The van der Waals surface area contributed by atoms with Crippen LogP contribution in [0, 0.1) is 0 Å². The summed E-state index contributed by atoms with van der Waals surface area (Å²) in [6, 6.07) is 0. The Hall–Kier alpha value is -2.77. The van der Waals surface area contributed by atoms with E-state index in [-0.39, 0.29) is 12.6 Å². The summed E-state index contributed by atoms with van der Waals surface area (Å²) in [4.78, 5) is 28.5. The fourth-order valence-corrected chi connectivity index (χ4v) is 3.10. The Labute approximate surface area is 179 Å². The number of amides is 2. The number of rotatable bonds is 4. The summed E-state index contributed by atoms with van der Waals surface area (Å²) in [6.07, 6.45) is 3.12. The van der Waals surface area contributed by atoms with Gasteiger partial charge in [-0.1, -0.05) is 18.7 Å². The molecular formula is C22H34N4O4. The zero-order valence-electron chi connectivity index (χ0n) is 19.0. The molecule has 0 saturated heterocycles. The van der Waals surface area contributed by atoms with Gasteiger partial charge in [0, 0.05) is 25.2 Å². The van der Waals surface area contributed by atoms with Crippen LogP contribution in [0.4, 0.5) is 15.4 Å². The van der Waals surface area contributed by atoms with Crippen LogP contribution in [0.1, 0.15) is 59.2 Å². The van der Waals surface area contributed by atoms with Crippen molar-refractivity contribution in [2.75, 3.05) is 18.0 Å². The zero-order valence-corrected chi connectivity index (χ0v) is 19.0. The number of carbonyl (C=O) groups excluding carboxylic acids is 2. The second-order valence-electron chi connectivity index (χ2n) is 9.25. The van der Waals surface area contributed by atoms with Crippen LogP contribution in [-0.4, -0.2) is 51.2 Å². The van der Waals surface area contributed by atoms with E-state index in [1.165, 1.54) is 4.90 Å². The van der Waals surface area contributed by atoms with Crippen molar-refractivity contribution in [3.8, 4) is 0 Å². The summed E-state index contributed by atoms with van der Waals surface area (Å²) in [5.74, 6) is 0.445. The van der Waals surface area contributed by atoms with Gasteiger partial charge in [0.25, 0.3) is 0 Å². The molecule has 1 aliphatic heterocycles. The van der Waals surface area contributed by atoms with Crippen LogP contribution >= 0.6 is 0 Å². The first-order valence-corrected chi connectivity index (χ1v) is 10.2. The van der Waals surface area contributed by atoms with Gasteiger partial charge < -0.3 is 14.4 Å². The fraction of sp³-hybridized carbons (Fsp3) is 0.591. The van der Waals surface area contributed by atoms with Gasteiger partial charge in [-0.2, -0.15) is 5.10 Å². The van der Waals surface area contributed by atoms with Crippen molar-refractivity contribution in [2.45, 2.75) is 72.3 Å². The molecule has 1 aromatic heterocycles. The Kier molecular flexibility index (Phi) is 7.00. The Balaban J connectivity index is 2.40. The SMILES string of the molecule is C=CCN(C(=O)OC(C)(C)C)c1nn2c(c1C=C)CN(C(=O)OC(C)(C)C)CCC2. The van der Waals surface area contributed by atoms with E-state index in [9.17, 15) is 9.59 Å². The molecule has 8 heteroatoms. The average molecular weight is 419 g/mol. The van der Waals surface area contributed by atoms with Crippen molar-refractivity contribution >= 4 is 24.1 Å². The first kappa shape index (κ1) is 23.5. The summed E-state index contributed by atoms with van der Waals surface area (Å²) in [6.45, 7) is 20.4. The molecule has 30 heavy (non-hydrogen) atoms. The summed E-state index contributed by atoms with van der Waals surface area (Å²) >= 11 is 0. The first-order valence-electron chi connectivity index (χ1n) is 10.2. The number of aromatic nitrogens is 2. The van der Waals surface area contributed by atoms with Gasteiger partial charge in [-0.25, -0.2) is 9.59 Å². The van der Waals surface area contributed by atoms with E-state index in [1.54, 1.807) is 17.1 Å². The maximum absolute atomic E-state index is 12.8. The topological polar surface area (TPSA) is 76.9 Å². The minimum Gasteiger partial charge on any atom is -0.444 e. The first-order chi connectivity index (χ1) is 13.9. The van der Waals surface area contributed by atoms with Gasteiger partial charge >= 0.3 is 12.2 Å². The van der Waals surface area contributed by atoms with Crippen molar-refractivity contribution < 1.29 is 19.1 Å². The van der Waals surface area contributed by atoms with Crippen molar-refractivity contribution in [2.24, 2.45) is 0 Å². The van der Waals surface area contributed by atoms with Gasteiger partial charge in [0.05, 0.1) is 12.2 Å². The molecule has 0 N–H and O–H groups in total. The van der Waals surface area contributed by atoms with E-state index in [2.05, 4.69) is 18.3 Å². The van der Waals surface area contributed by atoms with Crippen LogP contribution in [0.25, 0.3) is 6.08 Å². The van der Waals surface area contributed by atoms with E-state index >= 15 is 0 Å². The van der Waals surface area contributed by atoms with Gasteiger partial charge in [-0.3, -0.25) is 9.58 Å². The van der Waals surface area contributed by atoms with Gasteiger partial charge in [0.1, 0.15) is 11.2 Å². The number of fused-ring (bicyclic) bond motifs is 1. The van der Waals surface area contributed by atoms with E-state index in [1.807, 2.05) is 46.2 Å². The molecule has 0 fully saturated rings. The van der Waals surface area contributed by atoms with E-state index in [0.717, 1.165) is 12.1 Å². The van der Waals surface area contributed by atoms with Crippen LogP contribution in [-0.2, 0) is 22.6 Å². The van der Waals surface area contributed by atoms with E-state index < -0.39 is 17.3 Å². The molecule has 0 aromatic carbocycles. The predicted molar refractivity (Wildman–Crippen MR) is 117 cm³/mol. The maximum Gasteiger partial charge on any atom is 0.416 e. The number of ether oxygens (including phenoxy) is 2. The van der Waals surface area contributed by atoms with Crippen LogP contribution < -0.4 is 4.90 Å². The predicted octanol–water partition coefficient (Wildman–Crippen LogP) is 4.59. The summed E-state index contributed by atoms with van der Waals surface area (Å²) in [5, 5.41) is 4.66. The number of hydrogen-bond acceptors (Lipinski definition) is 5. The highest BCUT2D eigenvalue weighted by Crippen LogP contribution is 2.29. The molecule has 0 aliphatic carbocycles. The number of aryl methyl sites for hydroxylation is 1. The molecule has 0 saturated carbocycles. The molecule has 0 atom stereocenters. The quantitative estimate of drug-likeness (QED) is 0.668. The number of nitrogens with zero attached hydrogens (tertiary/aromatic N) is 4. The third-order valence-corrected chi connectivity index (χ3v) is 4.25. The molecule has 0 unspecified atom stereocenters. The summed E-state index contributed by atoms with van der Waals surface area (Å²) in [5.41, 5.74) is 0.280. The molecule has 8 nitrogen and oxygen atoms in total. The summed E-state index contributed by atoms with van der Waals surface area (Å²) < 4.78 is 12.9. The second-order valence-corrected chi connectivity index (χ2v) is 9.25. The molecule has 1 aliphatic rings. The van der Waals surface area contributed by atoms with Gasteiger partial charge in [0.15, 0.2) is 5.82 Å². The third-order valence-electron chi connectivity index (χ3n) is 4.25. The second kappa shape index (κ2) is 8.93. The highest BCUT2D eigenvalue weighted by Gasteiger charge is 2.31. The Bertz CT molecular complexity index is 814. The lowest BCUT2D eigenvalue weighted by Crippen LogP contribution is -2.38. The highest BCUT2D eigenvalue weighted by atomic mass is 16.6. The Morgan fingerprint density at radius 2 is 1.73 bits per heavy atom. The van der Waals surface area contributed by atoms with Crippen LogP contribution in [0.5, 0.6) is 0 Å². The fourth-order valence-electron chi connectivity index (χ4n) is 3.10. The lowest BCUT2D eigenvalue weighted by molar-refractivity contribution is 0.0236. The summed E-state index contributed by atoms with van der Waals surface area (Å²) in [7, 11) is 0. The highest BCUT2D eigenvalue weighted by molar-refractivity contribution is 5.90. The van der Waals surface area contributed by atoms with Crippen molar-refractivity contribution in [3.63, 3.8) is 0 Å². The smallest absolute Gasteiger partial charge is 0.416 e. The van der Waals surface area contributed by atoms with Gasteiger partial charge in [-0.05, 0) is 48.0 Å². The molecule has 1 aromatic rings. The normalized spacial score (nSPS) is 14.4. The molecular weight excluding hydrogens is 384 g/mol. The monoisotopic (exact) mass is 418 g/mol. The van der Waals surface area contributed by atoms with Crippen molar-refractivity contribution in [1.82, 2.24) is 14.7 Å². The molecule has 2 heterocycles. The van der Waals surface area contributed by atoms with Gasteiger partial charge in [-0.15, -0.1) is 6.58 Å². The van der Waals surface area contributed by atoms with Crippen molar-refractivity contribution in [1.29, 1.82) is 0 Å². The van der Waals surface area contributed by atoms with E-state index in [4.69, 9.17) is 9.47 Å². The molecule has 0 spiro atoms. The average Bonchev–Trinajstić information content (AvgIpc) is 2.78. The molecule has 2 rings (SSSR count). The standard InChI is InChI=1S/C22H34N4O4/c1-9-12-25(20(28)30-22(6,7)8)18-16(10-2)17-15-24(13-11-14-26(17)23-18)19(27)29-21(3,4)5/h9-10H,1-2,11-15H2,3-8H3. The minimum absolute atomic E-state index is 0.238. The lowest BCUT2D eigenvalue weighted by atomic mass is 10.2. The van der Waals surface area contributed by atoms with Crippen LogP contribution in [0.2, 0.25) is 0 Å². The molecule has 0 bridgehead atoms. The lowest BCUT2D eigenvalue weighted by Gasteiger charge is -2.27.